The molecule has 1 amide bonds. The van der Waals surface area contributed by atoms with Crippen molar-refractivity contribution in [2.24, 2.45) is 5.41 Å². The molecule has 7 heteroatoms. The smallest absolute Gasteiger partial charge is 0.256 e. The Kier molecular flexibility index (Phi) is 6.49. The van der Waals surface area contributed by atoms with Crippen LogP contribution >= 0.6 is 0 Å². The summed E-state index contributed by atoms with van der Waals surface area (Å²) in [6.45, 7) is 8.74. The number of piperazine rings is 1. The summed E-state index contributed by atoms with van der Waals surface area (Å²) in [7, 11) is 4.11. The molecule has 7 nitrogen and oxygen atoms in total. The van der Waals surface area contributed by atoms with E-state index in [9.17, 15) is 14.7 Å². The van der Waals surface area contributed by atoms with E-state index in [-0.39, 0.29) is 23.4 Å². The van der Waals surface area contributed by atoms with Gasteiger partial charge in [-0.1, -0.05) is 44.2 Å². The quantitative estimate of drug-likeness (QED) is 0.769. The average molecular weight is 453 g/mol. The first-order chi connectivity index (χ1) is 15.6. The van der Waals surface area contributed by atoms with Gasteiger partial charge in [-0.15, -0.1) is 0 Å². The number of nitrogens with zero attached hydrogens (tertiary/aromatic N) is 4. The fourth-order valence-corrected chi connectivity index (χ4v) is 5.09. The first kappa shape index (κ1) is 23.7. The van der Waals surface area contributed by atoms with Crippen LogP contribution < -0.4 is 5.56 Å². The van der Waals surface area contributed by atoms with Gasteiger partial charge in [0.1, 0.15) is 0 Å². The number of benzene rings is 1. The third-order valence-electron chi connectivity index (χ3n) is 7.50. The fourth-order valence-electron chi connectivity index (χ4n) is 5.09. The molecule has 4 rings (SSSR count). The summed E-state index contributed by atoms with van der Waals surface area (Å²) in [6, 6.07) is 11.2. The molecule has 178 valence electrons. The largest absolute Gasteiger partial charge is 0.387 e. The summed E-state index contributed by atoms with van der Waals surface area (Å²) in [5, 5.41) is 11.6. The minimum atomic E-state index is -1.04. The van der Waals surface area contributed by atoms with Crippen LogP contribution in [0.1, 0.15) is 30.6 Å². The van der Waals surface area contributed by atoms with Crippen LogP contribution in [0, 0.1) is 5.41 Å². The maximum atomic E-state index is 13.6. The monoisotopic (exact) mass is 452 g/mol. The van der Waals surface area contributed by atoms with E-state index < -0.39 is 5.60 Å². The summed E-state index contributed by atoms with van der Waals surface area (Å²) in [6.07, 6.45) is 2.25. The van der Waals surface area contributed by atoms with Gasteiger partial charge in [0.25, 0.3) is 11.5 Å². The summed E-state index contributed by atoms with van der Waals surface area (Å²) in [5.41, 5.74) is 0.380. The molecule has 1 N–H and O–H groups in total. The lowest BCUT2D eigenvalue weighted by Crippen LogP contribution is -2.59. The van der Waals surface area contributed by atoms with Gasteiger partial charge in [0.15, 0.2) is 0 Å². The van der Waals surface area contributed by atoms with Crippen molar-refractivity contribution in [1.29, 1.82) is 0 Å². The molecule has 1 aromatic carbocycles. The zero-order chi connectivity index (χ0) is 23.8. The molecule has 1 aromatic heterocycles. The van der Waals surface area contributed by atoms with Crippen molar-refractivity contribution in [2.75, 3.05) is 53.4 Å². The van der Waals surface area contributed by atoms with Crippen LogP contribution in [0.15, 0.2) is 47.4 Å². The average Bonchev–Trinajstić information content (AvgIpc) is 2.78. The van der Waals surface area contributed by atoms with E-state index >= 15 is 0 Å². The zero-order valence-corrected chi connectivity index (χ0v) is 20.3. The molecule has 2 aliphatic rings. The zero-order valence-electron chi connectivity index (χ0n) is 20.3. The molecule has 0 bridgehead atoms. The Balaban J connectivity index is 1.74. The van der Waals surface area contributed by atoms with E-state index in [0.29, 0.717) is 30.6 Å². The van der Waals surface area contributed by atoms with Crippen LogP contribution in [0.2, 0.25) is 0 Å². The number of hydrogen-bond acceptors (Lipinski definition) is 5. The van der Waals surface area contributed by atoms with Gasteiger partial charge in [-0.25, -0.2) is 0 Å². The summed E-state index contributed by atoms with van der Waals surface area (Å²) in [4.78, 5) is 33.1. The van der Waals surface area contributed by atoms with Crippen LogP contribution in [0.3, 0.4) is 0 Å². The second-order valence-electron chi connectivity index (χ2n) is 10.4. The van der Waals surface area contributed by atoms with E-state index in [0.717, 1.165) is 31.7 Å². The highest BCUT2D eigenvalue weighted by atomic mass is 16.3. The van der Waals surface area contributed by atoms with Gasteiger partial charge in [-0.2, -0.15) is 0 Å². The number of aliphatic hydroxyl groups is 1. The van der Waals surface area contributed by atoms with Gasteiger partial charge in [0, 0.05) is 62.5 Å². The van der Waals surface area contributed by atoms with Crippen molar-refractivity contribution in [2.45, 2.75) is 32.4 Å². The third kappa shape index (κ3) is 4.76. The van der Waals surface area contributed by atoms with E-state index in [4.69, 9.17) is 0 Å². The lowest BCUT2D eigenvalue weighted by molar-refractivity contribution is -0.124. The number of amides is 1. The fraction of sp³-hybridized carbons (Fsp3) is 0.538. The van der Waals surface area contributed by atoms with Crippen molar-refractivity contribution >= 4 is 5.91 Å². The Labute approximate surface area is 196 Å². The van der Waals surface area contributed by atoms with Crippen molar-refractivity contribution in [1.82, 2.24) is 19.3 Å². The van der Waals surface area contributed by atoms with Gasteiger partial charge >= 0.3 is 0 Å². The Morgan fingerprint density at radius 1 is 1.00 bits per heavy atom. The Morgan fingerprint density at radius 2 is 1.67 bits per heavy atom. The van der Waals surface area contributed by atoms with E-state index in [1.807, 2.05) is 49.1 Å². The van der Waals surface area contributed by atoms with Gasteiger partial charge in [-0.05, 0) is 26.1 Å². The number of piperidine rings is 1. The molecule has 1 unspecified atom stereocenters. The van der Waals surface area contributed by atoms with Crippen molar-refractivity contribution in [3.8, 4) is 11.1 Å². The molecule has 0 aliphatic carbocycles. The Bertz CT molecular complexity index is 1060. The first-order valence-corrected chi connectivity index (χ1v) is 11.8. The summed E-state index contributed by atoms with van der Waals surface area (Å²) in [5.74, 6) is -0.0645. The van der Waals surface area contributed by atoms with Crippen LogP contribution in [-0.4, -0.2) is 89.2 Å². The van der Waals surface area contributed by atoms with Crippen LogP contribution in [-0.2, 0) is 6.54 Å². The Hall–Kier alpha value is -2.48. The van der Waals surface area contributed by atoms with E-state index in [1.165, 1.54) is 0 Å². The number of carbonyl (C=O) groups excluding carboxylic acids is 1. The first-order valence-electron chi connectivity index (χ1n) is 11.8. The van der Waals surface area contributed by atoms with E-state index in [2.05, 4.69) is 23.9 Å². The highest BCUT2D eigenvalue weighted by molar-refractivity contribution is 6.00. The number of likely N-dealkylation sites (tertiary alicyclic amines) is 1. The van der Waals surface area contributed by atoms with Gasteiger partial charge in [0.2, 0.25) is 0 Å². The molecule has 2 fully saturated rings. The molecule has 2 saturated heterocycles. The molecule has 3 heterocycles. The second kappa shape index (κ2) is 9.05. The number of carbonyl (C=O) groups is 1. The lowest BCUT2D eigenvalue weighted by Gasteiger charge is -2.49. The number of likely N-dealkylation sites (N-methyl/N-ethyl adjacent to an activating group) is 1. The third-order valence-corrected chi connectivity index (χ3v) is 7.50. The standard InChI is InChI=1S/C26H36N4O3/c1-25(2)18-28(4)11-10-26(25,33)19-30-17-22(24(32)29-14-12-27(3)13-15-29)21(16-23(30)31)20-8-6-5-7-9-20/h5-9,16-17,33H,10-15,18-19H2,1-4H3. The van der Waals surface area contributed by atoms with Crippen LogP contribution in [0.25, 0.3) is 11.1 Å². The molecule has 1 atom stereocenters. The summed E-state index contributed by atoms with van der Waals surface area (Å²) >= 11 is 0. The molecule has 0 saturated carbocycles. The van der Waals surface area contributed by atoms with Crippen molar-refractivity contribution < 1.29 is 9.90 Å². The van der Waals surface area contributed by atoms with Crippen molar-refractivity contribution in [3.05, 3.63) is 58.5 Å². The predicted molar refractivity (Wildman–Crippen MR) is 130 cm³/mol. The lowest BCUT2D eigenvalue weighted by atomic mass is 9.70. The second-order valence-corrected chi connectivity index (χ2v) is 10.4. The molecule has 33 heavy (non-hydrogen) atoms. The minimum absolute atomic E-state index is 0.0645. The van der Waals surface area contributed by atoms with Gasteiger partial charge in [-0.3, -0.25) is 9.59 Å². The maximum Gasteiger partial charge on any atom is 0.256 e. The SMILES string of the molecule is CN1CCN(C(=O)c2cn(CC3(O)CCN(C)CC3(C)C)c(=O)cc2-c2ccccc2)CC1. The normalized spacial score (nSPS) is 24.1. The molecule has 0 radical (unpaired) electrons. The van der Waals surface area contributed by atoms with E-state index in [1.54, 1.807) is 16.8 Å². The number of pyridine rings is 1. The number of rotatable bonds is 4. The van der Waals surface area contributed by atoms with Gasteiger partial charge < -0.3 is 24.4 Å². The predicted octanol–water partition coefficient (Wildman–Crippen LogP) is 2.00. The maximum absolute atomic E-state index is 13.6. The van der Waals surface area contributed by atoms with Crippen molar-refractivity contribution in [3.63, 3.8) is 0 Å². The number of hydrogen-bond donors (Lipinski definition) is 1. The molecule has 2 aromatic rings. The Morgan fingerprint density at radius 3 is 2.30 bits per heavy atom. The van der Waals surface area contributed by atoms with Crippen LogP contribution in [0.5, 0.6) is 0 Å². The highest BCUT2D eigenvalue weighted by Gasteiger charge is 2.47. The number of aromatic nitrogens is 1. The summed E-state index contributed by atoms with van der Waals surface area (Å²) < 4.78 is 1.54. The molecular weight excluding hydrogens is 416 g/mol. The van der Waals surface area contributed by atoms with Gasteiger partial charge in [0.05, 0.1) is 17.7 Å². The molecular formula is C26H36N4O3. The topological polar surface area (TPSA) is 69.0 Å². The molecule has 0 spiro atoms. The highest BCUT2D eigenvalue weighted by Crippen LogP contribution is 2.39. The minimum Gasteiger partial charge on any atom is -0.387 e. The van der Waals surface area contributed by atoms with Crippen LogP contribution in [0.4, 0.5) is 0 Å². The molecule has 2 aliphatic heterocycles.